The van der Waals surface area contributed by atoms with Crippen molar-refractivity contribution in [2.75, 3.05) is 33.7 Å². The summed E-state index contributed by atoms with van der Waals surface area (Å²) < 4.78 is 1.83. The molecule has 0 spiro atoms. The summed E-state index contributed by atoms with van der Waals surface area (Å²) in [5.41, 5.74) is 0.150. The van der Waals surface area contributed by atoms with Crippen molar-refractivity contribution in [2.45, 2.75) is 25.3 Å². The predicted octanol–water partition coefficient (Wildman–Crippen LogP) is -0.0497. The summed E-state index contributed by atoms with van der Waals surface area (Å²) in [5, 5.41) is 19.4. The Kier molecular flexibility index (Phi) is 6.03. The molecule has 11 nitrogen and oxygen atoms in total. The van der Waals surface area contributed by atoms with Crippen LogP contribution in [0.4, 0.5) is 10.5 Å². The minimum atomic E-state index is -1.54. The van der Waals surface area contributed by atoms with Gasteiger partial charge in [-0.3, -0.25) is 24.2 Å². The number of barbiturate groups is 1. The van der Waals surface area contributed by atoms with E-state index in [1.165, 1.54) is 26.2 Å². The highest BCUT2D eigenvalue weighted by Gasteiger charge is 2.56. The number of imide groups is 2. The third-order valence-electron chi connectivity index (χ3n) is 7.76. The van der Waals surface area contributed by atoms with Crippen molar-refractivity contribution < 1.29 is 24.8 Å². The fourth-order valence-electron chi connectivity index (χ4n) is 6.09. The number of hydrogen-bond donors (Lipinski definition) is 2. The van der Waals surface area contributed by atoms with E-state index in [1.807, 2.05) is 10.6 Å². The molecular weight excluding hydrogens is 466 g/mol. The number of carbonyl (C=O) groups is 3. The maximum atomic E-state index is 13.6. The van der Waals surface area contributed by atoms with Crippen LogP contribution in [0.1, 0.15) is 23.6 Å². The van der Waals surface area contributed by atoms with Crippen LogP contribution in [0.15, 0.2) is 47.3 Å². The number of carbonyl (C=O) groups excluding carboxylic acids is 3. The molecule has 4 amide bonds. The molecule has 2 aromatic rings. The summed E-state index contributed by atoms with van der Waals surface area (Å²) in [6, 6.07) is 10.7. The number of urea groups is 1. The number of benzene rings is 1. The SMILES string of the molecule is CN1C(=O)N(C)C(=O)C(Cc2ccc([NH+]([O-])O)cc2)(CN2C[C@@H]3C[C@@H](C2)c2cccc(=O)n2C3)C1=O. The zero-order valence-corrected chi connectivity index (χ0v) is 20.2. The van der Waals surface area contributed by atoms with Crippen LogP contribution in [0.5, 0.6) is 0 Å². The molecule has 3 atom stereocenters. The Morgan fingerprint density at radius 2 is 1.64 bits per heavy atom. The average Bonchev–Trinajstić information content (AvgIpc) is 2.86. The van der Waals surface area contributed by atoms with Crippen molar-refractivity contribution in [2.24, 2.45) is 11.3 Å². The standard InChI is InChI=1S/C25H29N5O6/c1-26-22(32)25(23(33)27(2)24(26)34,11-16-6-8-19(9-7-16)30(35)36)15-28-12-17-10-18(14-28)20-4-3-5-21(31)29(20)13-17/h3-9,17-18,30,35H,10-15H2,1-2H3/t17-,18-/m0/s1. The zero-order chi connectivity index (χ0) is 25.8. The van der Waals surface area contributed by atoms with E-state index >= 15 is 0 Å². The number of nitrogens with one attached hydrogen (secondary N) is 1. The van der Waals surface area contributed by atoms with Gasteiger partial charge in [0.2, 0.25) is 11.8 Å². The molecule has 1 unspecified atom stereocenters. The summed E-state index contributed by atoms with van der Waals surface area (Å²) in [5.74, 6) is -0.825. The number of piperidine rings is 1. The van der Waals surface area contributed by atoms with Crippen LogP contribution in [0.3, 0.4) is 0 Å². The molecule has 5 rings (SSSR count). The van der Waals surface area contributed by atoms with E-state index in [4.69, 9.17) is 0 Å². The summed E-state index contributed by atoms with van der Waals surface area (Å²) in [7, 11) is 2.76. The first-order chi connectivity index (χ1) is 17.1. The van der Waals surface area contributed by atoms with E-state index < -0.39 is 28.5 Å². The smallest absolute Gasteiger partial charge is 0.332 e. The summed E-state index contributed by atoms with van der Waals surface area (Å²) in [6.45, 7) is 1.92. The number of fused-ring (bicyclic) bond motifs is 4. The van der Waals surface area contributed by atoms with Gasteiger partial charge < -0.3 is 14.7 Å². The van der Waals surface area contributed by atoms with Gasteiger partial charge in [-0.05, 0) is 30.4 Å². The van der Waals surface area contributed by atoms with Gasteiger partial charge in [0.15, 0.2) is 5.69 Å². The van der Waals surface area contributed by atoms with Crippen LogP contribution < -0.4 is 10.8 Å². The van der Waals surface area contributed by atoms with Crippen molar-refractivity contribution >= 4 is 23.5 Å². The van der Waals surface area contributed by atoms with Crippen molar-refractivity contribution in [3.05, 3.63) is 69.3 Å². The number of rotatable bonds is 5. The van der Waals surface area contributed by atoms with Gasteiger partial charge in [-0.25, -0.2) is 10.0 Å². The van der Waals surface area contributed by atoms with Gasteiger partial charge in [0.05, 0.1) is 0 Å². The second-order valence-corrected chi connectivity index (χ2v) is 10.2. The van der Waals surface area contributed by atoms with Crippen molar-refractivity contribution in [1.29, 1.82) is 0 Å². The minimum absolute atomic E-state index is 0.0173. The van der Waals surface area contributed by atoms with Crippen LogP contribution >= 0.6 is 0 Å². The van der Waals surface area contributed by atoms with Crippen molar-refractivity contribution in [1.82, 2.24) is 19.3 Å². The highest BCUT2D eigenvalue weighted by atomic mass is 16.8. The largest absolute Gasteiger partial charge is 0.595 e. The highest BCUT2D eigenvalue weighted by molar-refractivity contribution is 6.19. The van der Waals surface area contributed by atoms with Crippen LogP contribution in [0, 0.1) is 16.5 Å². The van der Waals surface area contributed by atoms with Gasteiger partial charge in [-0.2, -0.15) is 5.23 Å². The summed E-state index contributed by atoms with van der Waals surface area (Å²) in [6.07, 6.45) is 0.970. The van der Waals surface area contributed by atoms with E-state index in [1.54, 1.807) is 24.3 Å². The fraction of sp³-hybridized carbons (Fsp3) is 0.440. The number of likely N-dealkylation sites (tertiary alicyclic amines) is 1. The third-order valence-corrected chi connectivity index (χ3v) is 7.76. The number of amides is 4. The molecule has 2 saturated heterocycles. The number of hydrogen-bond acceptors (Lipinski definition) is 7. The molecule has 3 aliphatic heterocycles. The number of aromatic nitrogens is 1. The van der Waals surface area contributed by atoms with E-state index in [2.05, 4.69) is 4.90 Å². The lowest BCUT2D eigenvalue weighted by Gasteiger charge is -2.48. The van der Waals surface area contributed by atoms with Crippen LogP contribution in [-0.2, 0) is 22.6 Å². The molecule has 11 heteroatoms. The molecule has 3 aliphatic rings. The molecule has 1 aromatic carbocycles. The molecule has 2 fully saturated rings. The van der Waals surface area contributed by atoms with Crippen molar-refractivity contribution in [3.63, 3.8) is 0 Å². The van der Waals surface area contributed by atoms with E-state index in [0.29, 0.717) is 25.2 Å². The lowest BCUT2D eigenvalue weighted by atomic mass is 9.75. The molecule has 2 bridgehead atoms. The second-order valence-electron chi connectivity index (χ2n) is 10.2. The first kappa shape index (κ1) is 24.3. The van der Waals surface area contributed by atoms with Crippen LogP contribution in [0.25, 0.3) is 0 Å². The third kappa shape index (κ3) is 3.94. The molecule has 190 valence electrons. The van der Waals surface area contributed by atoms with Gasteiger partial charge in [-0.15, -0.1) is 0 Å². The Morgan fingerprint density at radius 3 is 2.28 bits per heavy atom. The molecular formula is C25H29N5O6. The van der Waals surface area contributed by atoms with Crippen LogP contribution in [-0.4, -0.2) is 76.0 Å². The predicted molar refractivity (Wildman–Crippen MR) is 127 cm³/mol. The number of nitrogens with zero attached hydrogens (tertiary/aromatic N) is 4. The molecule has 0 radical (unpaired) electrons. The minimum Gasteiger partial charge on any atom is -0.595 e. The fourth-order valence-corrected chi connectivity index (χ4v) is 6.09. The average molecular weight is 496 g/mol. The Hall–Kier alpha value is -3.38. The maximum absolute atomic E-state index is 13.6. The Labute approximate surface area is 207 Å². The lowest BCUT2D eigenvalue weighted by molar-refractivity contribution is -0.991. The Bertz CT molecular complexity index is 1250. The van der Waals surface area contributed by atoms with E-state index in [-0.39, 0.29) is 36.0 Å². The van der Waals surface area contributed by atoms with Crippen LogP contribution in [0.2, 0.25) is 0 Å². The molecule has 2 N–H and O–H groups in total. The molecule has 1 aromatic heterocycles. The first-order valence-electron chi connectivity index (χ1n) is 12.0. The Morgan fingerprint density at radius 1 is 0.972 bits per heavy atom. The topological polar surface area (TPSA) is 131 Å². The summed E-state index contributed by atoms with van der Waals surface area (Å²) in [4.78, 5) is 56.3. The molecule has 4 heterocycles. The van der Waals surface area contributed by atoms with Gasteiger partial charge in [0.25, 0.3) is 5.56 Å². The number of pyridine rings is 1. The number of quaternary nitrogens is 1. The highest BCUT2D eigenvalue weighted by Crippen LogP contribution is 2.39. The van der Waals surface area contributed by atoms with Gasteiger partial charge in [-0.1, -0.05) is 18.2 Å². The summed E-state index contributed by atoms with van der Waals surface area (Å²) >= 11 is 0. The van der Waals surface area contributed by atoms with Crippen molar-refractivity contribution in [3.8, 4) is 0 Å². The molecule has 0 aliphatic carbocycles. The quantitative estimate of drug-likeness (QED) is 0.439. The monoisotopic (exact) mass is 495 g/mol. The normalized spacial score (nSPS) is 24.6. The maximum Gasteiger partial charge on any atom is 0.332 e. The van der Waals surface area contributed by atoms with Gasteiger partial charge in [0, 0.05) is 70.1 Å². The second kappa shape index (κ2) is 8.93. The van der Waals surface area contributed by atoms with E-state index in [0.717, 1.165) is 21.9 Å². The first-order valence-corrected chi connectivity index (χ1v) is 12.0. The Balaban J connectivity index is 1.49. The lowest BCUT2D eigenvalue weighted by Crippen LogP contribution is -2.99. The van der Waals surface area contributed by atoms with Gasteiger partial charge in [0.1, 0.15) is 5.41 Å². The molecule has 0 saturated carbocycles. The molecule has 36 heavy (non-hydrogen) atoms. The zero-order valence-electron chi connectivity index (χ0n) is 20.2. The van der Waals surface area contributed by atoms with E-state index in [9.17, 15) is 29.6 Å². The van der Waals surface area contributed by atoms with Gasteiger partial charge >= 0.3 is 6.03 Å².